The second-order valence-electron chi connectivity index (χ2n) is 2.51. The zero-order valence-corrected chi connectivity index (χ0v) is 6.33. The summed E-state index contributed by atoms with van der Waals surface area (Å²) in [6.07, 6.45) is 1.22. The summed E-state index contributed by atoms with van der Waals surface area (Å²) in [5.74, 6) is 0.292. The minimum atomic E-state index is 0.292. The van der Waals surface area contributed by atoms with Crippen molar-refractivity contribution in [1.82, 2.24) is 0 Å². The van der Waals surface area contributed by atoms with Gasteiger partial charge in [0.1, 0.15) is 0 Å². The predicted octanol–water partition coefficient (Wildman–Crippen LogP) is 1.78. The van der Waals surface area contributed by atoms with Gasteiger partial charge in [0.25, 0.3) is 0 Å². The van der Waals surface area contributed by atoms with Crippen LogP contribution in [0, 0.1) is 17.2 Å². The third kappa shape index (κ3) is 3.90. The van der Waals surface area contributed by atoms with Gasteiger partial charge in [-0.1, -0.05) is 12.1 Å². The standard InChI is InChI=1S/C7H12N2O/c1-6(3-4-8)5-7(2)9-10/h6,10H,3,5H2,1-2H3. The number of nitrogens with zero attached hydrogens (tertiary/aromatic N) is 2. The Hall–Kier alpha value is -1.04. The third-order valence-electron chi connectivity index (χ3n) is 1.25. The van der Waals surface area contributed by atoms with Crippen LogP contribution in [0.1, 0.15) is 26.7 Å². The molecule has 0 aliphatic rings. The van der Waals surface area contributed by atoms with Crippen molar-refractivity contribution in [2.24, 2.45) is 11.1 Å². The molecule has 0 aliphatic carbocycles. The molecule has 0 radical (unpaired) electrons. The zero-order chi connectivity index (χ0) is 7.98. The summed E-state index contributed by atoms with van der Waals surface area (Å²) in [6, 6.07) is 2.06. The lowest BCUT2D eigenvalue weighted by atomic mass is 10.0. The van der Waals surface area contributed by atoms with Gasteiger partial charge in [-0.3, -0.25) is 0 Å². The van der Waals surface area contributed by atoms with Gasteiger partial charge in [-0.15, -0.1) is 0 Å². The van der Waals surface area contributed by atoms with E-state index in [1.807, 2.05) is 6.92 Å². The van der Waals surface area contributed by atoms with E-state index in [1.165, 1.54) is 0 Å². The molecule has 1 atom stereocenters. The van der Waals surface area contributed by atoms with Crippen molar-refractivity contribution in [3.63, 3.8) is 0 Å². The fourth-order valence-electron chi connectivity index (χ4n) is 0.773. The summed E-state index contributed by atoms with van der Waals surface area (Å²) < 4.78 is 0. The van der Waals surface area contributed by atoms with Crippen LogP contribution in [0.2, 0.25) is 0 Å². The first-order valence-corrected chi connectivity index (χ1v) is 3.25. The van der Waals surface area contributed by atoms with Gasteiger partial charge in [-0.05, 0) is 19.3 Å². The Morgan fingerprint density at radius 2 is 2.40 bits per heavy atom. The van der Waals surface area contributed by atoms with Gasteiger partial charge >= 0.3 is 0 Å². The van der Waals surface area contributed by atoms with Gasteiger partial charge in [0, 0.05) is 6.42 Å². The summed E-state index contributed by atoms with van der Waals surface area (Å²) in [6.45, 7) is 3.70. The van der Waals surface area contributed by atoms with Gasteiger partial charge in [-0.25, -0.2) is 0 Å². The molecule has 0 saturated carbocycles. The molecule has 0 bridgehead atoms. The maximum Gasteiger partial charge on any atom is 0.0624 e. The van der Waals surface area contributed by atoms with Gasteiger partial charge in [0.15, 0.2) is 0 Å². The van der Waals surface area contributed by atoms with Crippen molar-refractivity contribution in [2.45, 2.75) is 26.7 Å². The molecule has 0 heterocycles. The van der Waals surface area contributed by atoms with Crippen molar-refractivity contribution in [3.05, 3.63) is 0 Å². The minimum Gasteiger partial charge on any atom is -0.411 e. The van der Waals surface area contributed by atoms with Crippen LogP contribution in [-0.4, -0.2) is 10.9 Å². The Kier molecular flexibility index (Phi) is 4.30. The van der Waals surface area contributed by atoms with E-state index >= 15 is 0 Å². The highest BCUT2D eigenvalue weighted by atomic mass is 16.4. The molecule has 1 N–H and O–H groups in total. The van der Waals surface area contributed by atoms with Crippen LogP contribution >= 0.6 is 0 Å². The molecule has 0 fully saturated rings. The smallest absolute Gasteiger partial charge is 0.0624 e. The lowest BCUT2D eigenvalue weighted by molar-refractivity contribution is 0.316. The van der Waals surface area contributed by atoms with E-state index in [4.69, 9.17) is 10.5 Å². The SMILES string of the molecule is CC(CC(C)CC#N)=NO. The quantitative estimate of drug-likeness (QED) is 0.369. The Balaban J connectivity index is 3.59. The van der Waals surface area contributed by atoms with Crippen LogP contribution < -0.4 is 0 Å². The average Bonchev–Trinajstić information content (AvgIpc) is 1.88. The lowest BCUT2D eigenvalue weighted by Crippen LogP contribution is -2.00. The molecule has 0 rings (SSSR count). The molecule has 0 aliphatic heterocycles. The summed E-state index contributed by atoms with van der Waals surface area (Å²) in [7, 11) is 0. The minimum absolute atomic E-state index is 0.292. The van der Waals surface area contributed by atoms with E-state index in [-0.39, 0.29) is 0 Å². The molecular formula is C7H12N2O. The summed E-state index contributed by atoms with van der Waals surface area (Å²) in [5, 5.41) is 19.5. The molecule has 0 aromatic rings. The number of nitriles is 1. The average molecular weight is 140 g/mol. The summed E-state index contributed by atoms with van der Waals surface area (Å²) >= 11 is 0. The molecule has 0 aromatic carbocycles. The van der Waals surface area contributed by atoms with E-state index in [0.29, 0.717) is 24.5 Å². The molecule has 0 spiro atoms. The van der Waals surface area contributed by atoms with Crippen molar-refractivity contribution in [2.75, 3.05) is 0 Å². The first kappa shape index (κ1) is 8.96. The maximum atomic E-state index is 8.27. The predicted molar refractivity (Wildman–Crippen MR) is 38.9 cm³/mol. The molecule has 10 heavy (non-hydrogen) atoms. The molecule has 1 unspecified atom stereocenters. The van der Waals surface area contributed by atoms with E-state index in [0.717, 1.165) is 0 Å². The molecule has 56 valence electrons. The van der Waals surface area contributed by atoms with Crippen LogP contribution in [0.15, 0.2) is 5.16 Å². The van der Waals surface area contributed by atoms with Crippen molar-refractivity contribution in [1.29, 1.82) is 5.26 Å². The van der Waals surface area contributed by atoms with Crippen LogP contribution in [0.3, 0.4) is 0 Å². The second-order valence-corrected chi connectivity index (χ2v) is 2.51. The number of rotatable bonds is 3. The molecule has 3 nitrogen and oxygen atoms in total. The van der Waals surface area contributed by atoms with Crippen LogP contribution in [0.4, 0.5) is 0 Å². The van der Waals surface area contributed by atoms with Crippen LogP contribution in [-0.2, 0) is 0 Å². The fourth-order valence-corrected chi connectivity index (χ4v) is 0.773. The highest BCUT2D eigenvalue weighted by Gasteiger charge is 2.02. The Morgan fingerprint density at radius 1 is 1.80 bits per heavy atom. The molecular weight excluding hydrogens is 128 g/mol. The Bertz CT molecular complexity index is 157. The van der Waals surface area contributed by atoms with Gasteiger partial charge < -0.3 is 5.21 Å². The van der Waals surface area contributed by atoms with Crippen molar-refractivity contribution >= 4 is 5.71 Å². The van der Waals surface area contributed by atoms with Gasteiger partial charge in [-0.2, -0.15) is 5.26 Å². The van der Waals surface area contributed by atoms with E-state index in [1.54, 1.807) is 6.92 Å². The Morgan fingerprint density at radius 3 is 2.80 bits per heavy atom. The first-order chi connectivity index (χ1) is 4.70. The third-order valence-corrected chi connectivity index (χ3v) is 1.25. The van der Waals surface area contributed by atoms with Crippen LogP contribution in [0.5, 0.6) is 0 Å². The van der Waals surface area contributed by atoms with Crippen molar-refractivity contribution < 1.29 is 5.21 Å². The number of hydrogen-bond donors (Lipinski definition) is 1. The fraction of sp³-hybridized carbons (Fsp3) is 0.714. The highest BCUT2D eigenvalue weighted by Crippen LogP contribution is 2.06. The van der Waals surface area contributed by atoms with Crippen LogP contribution in [0.25, 0.3) is 0 Å². The summed E-state index contributed by atoms with van der Waals surface area (Å²) in [5.41, 5.74) is 0.683. The highest BCUT2D eigenvalue weighted by molar-refractivity contribution is 5.81. The van der Waals surface area contributed by atoms with E-state index in [2.05, 4.69) is 11.2 Å². The largest absolute Gasteiger partial charge is 0.411 e. The molecule has 0 amide bonds. The topological polar surface area (TPSA) is 56.4 Å². The zero-order valence-electron chi connectivity index (χ0n) is 6.33. The monoisotopic (exact) mass is 140 g/mol. The van der Waals surface area contributed by atoms with E-state index < -0.39 is 0 Å². The maximum absolute atomic E-state index is 8.27. The normalized spacial score (nSPS) is 14.3. The molecule has 0 aromatic heterocycles. The number of hydrogen-bond acceptors (Lipinski definition) is 3. The van der Waals surface area contributed by atoms with Crippen molar-refractivity contribution in [3.8, 4) is 6.07 Å². The second kappa shape index (κ2) is 4.80. The van der Waals surface area contributed by atoms with Gasteiger partial charge in [0.05, 0.1) is 11.8 Å². The summed E-state index contributed by atoms with van der Waals surface area (Å²) in [4.78, 5) is 0. The van der Waals surface area contributed by atoms with E-state index in [9.17, 15) is 0 Å². The van der Waals surface area contributed by atoms with Gasteiger partial charge in [0.2, 0.25) is 0 Å². The Labute approximate surface area is 61.0 Å². The molecule has 0 saturated heterocycles. The lowest BCUT2D eigenvalue weighted by Gasteiger charge is -2.03. The molecule has 3 heteroatoms. The number of oxime groups is 1. The first-order valence-electron chi connectivity index (χ1n) is 3.25.